The van der Waals surface area contributed by atoms with Crippen molar-refractivity contribution < 1.29 is 24.5 Å². The molecule has 6 heteroatoms. The number of amides is 1. The minimum absolute atomic E-state index is 0.0316. The molecule has 3 atom stereocenters. The molecule has 0 bridgehead atoms. The summed E-state index contributed by atoms with van der Waals surface area (Å²) < 4.78 is 5.89. The number of esters is 1. The van der Waals surface area contributed by atoms with Crippen LogP contribution in [0, 0.1) is 0 Å². The number of hydrogen-bond acceptors (Lipinski definition) is 5. The highest BCUT2D eigenvalue weighted by molar-refractivity contribution is 5.77. The van der Waals surface area contributed by atoms with Gasteiger partial charge in [0.15, 0.2) is 0 Å². The lowest BCUT2D eigenvalue weighted by Gasteiger charge is -2.24. The number of carbonyl (C=O) groups excluding carboxylic acids is 2. The van der Waals surface area contributed by atoms with Crippen LogP contribution in [0.5, 0.6) is 0 Å². The largest absolute Gasteiger partial charge is 0.462 e. The maximum absolute atomic E-state index is 13.2. The average molecular weight is 850 g/mol. The van der Waals surface area contributed by atoms with Crippen molar-refractivity contribution in [1.82, 2.24) is 5.32 Å². The zero-order valence-electron chi connectivity index (χ0n) is 39.8. The van der Waals surface area contributed by atoms with Crippen molar-refractivity contribution in [2.75, 3.05) is 6.61 Å². The lowest BCUT2D eigenvalue weighted by atomic mass is 10.0. The van der Waals surface area contributed by atoms with Crippen molar-refractivity contribution in [2.24, 2.45) is 0 Å². The molecule has 6 nitrogen and oxygen atoms in total. The summed E-state index contributed by atoms with van der Waals surface area (Å²) >= 11 is 0. The fraction of sp³-hybridized carbons (Fsp3) is 0.709. The Morgan fingerprint density at radius 3 is 1.52 bits per heavy atom. The van der Waals surface area contributed by atoms with Crippen LogP contribution in [0.25, 0.3) is 0 Å². The Kier molecular flexibility index (Phi) is 45.7. The third-order valence-corrected chi connectivity index (χ3v) is 11.1. The Morgan fingerprint density at radius 2 is 0.951 bits per heavy atom. The van der Waals surface area contributed by atoms with Gasteiger partial charge in [-0.3, -0.25) is 9.59 Å². The van der Waals surface area contributed by atoms with Crippen LogP contribution < -0.4 is 5.32 Å². The Hall–Kier alpha value is -2.96. The van der Waals surface area contributed by atoms with Gasteiger partial charge in [0.1, 0.15) is 6.10 Å². The molecule has 0 radical (unpaired) electrons. The van der Waals surface area contributed by atoms with Crippen LogP contribution in [0.2, 0.25) is 0 Å². The highest BCUT2D eigenvalue weighted by Crippen LogP contribution is 2.17. The first kappa shape index (κ1) is 58.0. The Labute approximate surface area is 376 Å². The van der Waals surface area contributed by atoms with E-state index in [4.69, 9.17) is 4.74 Å². The Morgan fingerprint density at radius 1 is 0.508 bits per heavy atom. The zero-order chi connectivity index (χ0) is 44.5. The first-order valence-electron chi connectivity index (χ1n) is 25.4. The molecule has 3 N–H and O–H groups in total. The maximum Gasteiger partial charge on any atom is 0.306 e. The van der Waals surface area contributed by atoms with E-state index in [2.05, 4.69) is 80.8 Å². The van der Waals surface area contributed by atoms with Crippen molar-refractivity contribution in [3.05, 3.63) is 85.1 Å². The molecule has 1 amide bonds. The fourth-order valence-electron chi connectivity index (χ4n) is 7.21. The number of carbonyl (C=O) groups is 2. The molecule has 0 saturated heterocycles. The van der Waals surface area contributed by atoms with Gasteiger partial charge in [-0.2, -0.15) is 0 Å². The van der Waals surface area contributed by atoms with Gasteiger partial charge < -0.3 is 20.3 Å². The van der Waals surface area contributed by atoms with E-state index in [0.29, 0.717) is 19.3 Å². The van der Waals surface area contributed by atoms with Crippen LogP contribution in [-0.4, -0.2) is 46.9 Å². The van der Waals surface area contributed by atoms with E-state index in [9.17, 15) is 19.8 Å². The smallest absolute Gasteiger partial charge is 0.306 e. The predicted octanol–water partition coefficient (Wildman–Crippen LogP) is 15.2. The van der Waals surface area contributed by atoms with Crippen molar-refractivity contribution >= 4 is 11.9 Å². The van der Waals surface area contributed by atoms with E-state index < -0.39 is 18.2 Å². The molecule has 0 aliphatic rings. The zero-order valence-corrected chi connectivity index (χ0v) is 39.8. The average Bonchev–Trinajstić information content (AvgIpc) is 3.25. The van der Waals surface area contributed by atoms with E-state index in [-0.39, 0.29) is 24.9 Å². The number of allylic oxidation sites excluding steroid dienone is 14. The SMILES string of the molecule is CC/C=C/C=C/C=C\C=C/CCCCCC(=O)OC(CCCC/C=C\C/C=C\C/C=C\CCCCC)CC(=O)NC(CO)C(O)CCCCCCCCCCCCCCCC. The van der Waals surface area contributed by atoms with Crippen molar-refractivity contribution in [2.45, 2.75) is 244 Å². The molecular weight excluding hydrogens is 755 g/mol. The van der Waals surface area contributed by atoms with Gasteiger partial charge >= 0.3 is 5.97 Å². The van der Waals surface area contributed by atoms with Crippen LogP contribution >= 0.6 is 0 Å². The normalized spacial score (nSPS) is 14.0. The summed E-state index contributed by atoms with van der Waals surface area (Å²) in [5.41, 5.74) is 0. The monoisotopic (exact) mass is 850 g/mol. The molecule has 0 fully saturated rings. The van der Waals surface area contributed by atoms with Gasteiger partial charge in [0, 0.05) is 6.42 Å². The molecule has 0 heterocycles. The Balaban J connectivity index is 4.72. The van der Waals surface area contributed by atoms with Gasteiger partial charge in [-0.1, -0.05) is 215 Å². The first-order chi connectivity index (χ1) is 30.0. The molecule has 0 aliphatic carbocycles. The predicted molar refractivity (Wildman–Crippen MR) is 264 cm³/mol. The molecule has 3 unspecified atom stereocenters. The lowest BCUT2D eigenvalue weighted by molar-refractivity contribution is -0.151. The van der Waals surface area contributed by atoms with Gasteiger partial charge in [-0.25, -0.2) is 0 Å². The summed E-state index contributed by atoms with van der Waals surface area (Å²) in [7, 11) is 0. The number of rotatable bonds is 44. The van der Waals surface area contributed by atoms with E-state index in [1.165, 1.54) is 96.3 Å². The van der Waals surface area contributed by atoms with Crippen molar-refractivity contribution in [3.8, 4) is 0 Å². The van der Waals surface area contributed by atoms with E-state index >= 15 is 0 Å². The summed E-state index contributed by atoms with van der Waals surface area (Å²) in [6, 6.07) is -0.726. The molecule has 0 aromatic rings. The molecule has 350 valence electrons. The lowest BCUT2D eigenvalue weighted by Crippen LogP contribution is -2.46. The third kappa shape index (κ3) is 43.5. The van der Waals surface area contributed by atoms with E-state index in [1.54, 1.807) is 0 Å². The second kappa shape index (κ2) is 48.1. The van der Waals surface area contributed by atoms with E-state index in [0.717, 1.165) is 83.5 Å². The standard InChI is InChI=1S/C55H95NO5/c1-4-7-10-13-16-19-22-25-27-29-31-34-37-40-43-46-51(61-55(60)48-45-42-39-36-33-28-24-21-18-15-12-9-6-3)49-54(59)56-52(50-57)53(58)47-44-41-38-35-32-30-26-23-20-17-14-11-8-5-2/h9,12,15-16,18-19,21,24-25,27-28,31,33-34,51-53,57-58H,4-8,10-11,13-14,17,20,22-23,26,29-30,32,35-50H2,1-3H3,(H,56,59)/b12-9+,18-15+,19-16-,24-21-,27-25-,33-28-,34-31-. The molecular formula is C55H95NO5. The molecule has 61 heavy (non-hydrogen) atoms. The number of nitrogens with one attached hydrogen (secondary N) is 1. The number of ether oxygens (including phenoxy) is 1. The number of hydrogen-bond donors (Lipinski definition) is 3. The highest BCUT2D eigenvalue weighted by atomic mass is 16.5. The van der Waals surface area contributed by atoms with Crippen molar-refractivity contribution in [3.63, 3.8) is 0 Å². The van der Waals surface area contributed by atoms with Gasteiger partial charge in [0.25, 0.3) is 0 Å². The van der Waals surface area contributed by atoms with Gasteiger partial charge in [-0.15, -0.1) is 0 Å². The number of unbranched alkanes of at least 4 members (excludes halogenated alkanes) is 21. The fourth-order valence-corrected chi connectivity index (χ4v) is 7.21. The van der Waals surface area contributed by atoms with Gasteiger partial charge in [0.2, 0.25) is 5.91 Å². The molecule has 0 aromatic heterocycles. The van der Waals surface area contributed by atoms with Crippen LogP contribution in [0.15, 0.2) is 85.1 Å². The van der Waals surface area contributed by atoms with Crippen LogP contribution in [0.1, 0.15) is 226 Å². The Bertz CT molecular complexity index is 1180. The number of aliphatic hydroxyl groups excluding tert-OH is 2. The van der Waals surface area contributed by atoms with Crippen LogP contribution in [0.4, 0.5) is 0 Å². The topological polar surface area (TPSA) is 95.9 Å². The van der Waals surface area contributed by atoms with Crippen molar-refractivity contribution in [1.29, 1.82) is 0 Å². The molecule has 0 aliphatic heterocycles. The molecule has 0 aromatic carbocycles. The minimum Gasteiger partial charge on any atom is -0.462 e. The van der Waals surface area contributed by atoms with Gasteiger partial charge in [0.05, 0.1) is 25.2 Å². The summed E-state index contributed by atoms with van der Waals surface area (Å²) in [6.45, 7) is 6.29. The van der Waals surface area contributed by atoms with Gasteiger partial charge in [-0.05, 0) is 83.5 Å². The highest BCUT2D eigenvalue weighted by Gasteiger charge is 2.24. The van der Waals surface area contributed by atoms with Crippen LogP contribution in [0.3, 0.4) is 0 Å². The van der Waals surface area contributed by atoms with E-state index in [1.807, 2.05) is 30.4 Å². The second-order valence-corrected chi connectivity index (χ2v) is 16.9. The molecule has 0 rings (SSSR count). The second-order valence-electron chi connectivity index (χ2n) is 16.9. The maximum atomic E-state index is 13.2. The quantitative estimate of drug-likeness (QED) is 0.0246. The summed E-state index contributed by atoms with van der Waals surface area (Å²) in [5.74, 6) is -0.563. The minimum atomic E-state index is -0.809. The summed E-state index contributed by atoms with van der Waals surface area (Å²) in [5, 5.41) is 23.7. The summed E-state index contributed by atoms with van der Waals surface area (Å²) in [6.07, 6.45) is 62.1. The summed E-state index contributed by atoms with van der Waals surface area (Å²) in [4.78, 5) is 26.1. The molecule has 0 saturated carbocycles. The van der Waals surface area contributed by atoms with Crippen LogP contribution in [-0.2, 0) is 14.3 Å². The number of aliphatic hydroxyl groups is 2. The first-order valence-corrected chi connectivity index (χ1v) is 25.4. The third-order valence-electron chi connectivity index (χ3n) is 11.1. The molecule has 0 spiro atoms.